The summed E-state index contributed by atoms with van der Waals surface area (Å²) in [5, 5.41) is 12.9. The number of carbonyl (C=O) groups excluding carboxylic acids is 1. The number of aliphatic hydroxyl groups excluding tert-OH is 1. The molecule has 1 aromatic carbocycles. The summed E-state index contributed by atoms with van der Waals surface area (Å²) in [5.41, 5.74) is 0.376. The summed E-state index contributed by atoms with van der Waals surface area (Å²) >= 11 is 5.94. The van der Waals surface area contributed by atoms with Gasteiger partial charge in [0.2, 0.25) is 5.91 Å². The Bertz CT molecular complexity index is 896. The van der Waals surface area contributed by atoms with Gasteiger partial charge in [-0.3, -0.25) is 4.79 Å². The molecule has 2 N–H and O–H groups in total. The highest BCUT2D eigenvalue weighted by molar-refractivity contribution is 6.30. The van der Waals surface area contributed by atoms with Crippen molar-refractivity contribution in [3.8, 4) is 5.75 Å². The summed E-state index contributed by atoms with van der Waals surface area (Å²) in [4.78, 5) is 20.6. The number of ether oxygens (including phenoxy) is 1. The van der Waals surface area contributed by atoms with Crippen LogP contribution in [0.15, 0.2) is 34.4 Å². The summed E-state index contributed by atoms with van der Waals surface area (Å²) in [6.45, 7) is 4.24. The number of hydrogen-bond donors (Lipinski definition) is 2. The first kappa shape index (κ1) is 23.8. The lowest BCUT2D eigenvalue weighted by molar-refractivity contribution is -0.137. The Morgan fingerprint density at radius 1 is 1.27 bits per heavy atom. The smallest absolute Gasteiger partial charge is 0.227 e. The van der Waals surface area contributed by atoms with Crippen molar-refractivity contribution >= 4 is 23.5 Å². The zero-order chi connectivity index (χ0) is 23.2. The highest BCUT2D eigenvalue weighted by Gasteiger charge is 2.30. The topological polar surface area (TPSA) is 77.4 Å². The number of benzene rings is 1. The summed E-state index contributed by atoms with van der Waals surface area (Å²) < 4.78 is 20.2. The van der Waals surface area contributed by atoms with Crippen LogP contribution in [0.4, 0.5) is 4.39 Å². The molecule has 0 atom stereocenters. The van der Waals surface area contributed by atoms with Crippen molar-refractivity contribution in [3.63, 3.8) is 0 Å². The normalized spacial score (nSPS) is 19.5. The molecule has 2 fully saturated rings. The number of halogens is 2. The van der Waals surface area contributed by atoms with Crippen molar-refractivity contribution < 1.29 is 19.0 Å². The number of amides is 1. The van der Waals surface area contributed by atoms with Crippen LogP contribution >= 0.6 is 11.6 Å². The minimum Gasteiger partial charge on any atom is -0.493 e. The van der Waals surface area contributed by atoms with Gasteiger partial charge in [0.15, 0.2) is 5.96 Å². The SMILES string of the molecule is O=C(Cc1ccc(OCCCC2CCN(C3=NCC(Cl)=CN3)CC2)cc1F)N1CC(CO)C1. The summed E-state index contributed by atoms with van der Waals surface area (Å²) in [7, 11) is 0. The molecule has 33 heavy (non-hydrogen) atoms. The minimum absolute atomic E-state index is 0.0359. The predicted molar refractivity (Wildman–Crippen MR) is 126 cm³/mol. The number of aliphatic hydroxyl groups is 1. The second-order valence-electron chi connectivity index (χ2n) is 9.07. The van der Waals surface area contributed by atoms with E-state index in [-0.39, 0.29) is 24.9 Å². The molecule has 0 aromatic heterocycles. The van der Waals surface area contributed by atoms with Crippen molar-refractivity contribution in [2.24, 2.45) is 16.8 Å². The molecule has 3 aliphatic rings. The van der Waals surface area contributed by atoms with E-state index in [9.17, 15) is 9.18 Å². The lowest BCUT2D eigenvalue weighted by Gasteiger charge is -2.38. The van der Waals surface area contributed by atoms with Crippen LogP contribution in [0.25, 0.3) is 0 Å². The van der Waals surface area contributed by atoms with Crippen LogP contribution in [0.5, 0.6) is 5.75 Å². The van der Waals surface area contributed by atoms with E-state index in [1.54, 1.807) is 23.2 Å². The van der Waals surface area contributed by atoms with Crippen LogP contribution in [0.3, 0.4) is 0 Å². The first-order chi connectivity index (χ1) is 16.0. The molecule has 0 unspecified atom stereocenters. The molecule has 0 saturated carbocycles. The maximum atomic E-state index is 14.4. The Morgan fingerprint density at radius 2 is 2.06 bits per heavy atom. The molecular weight excluding hydrogens is 447 g/mol. The van der Waals surface area contributed by atoms with Crippen molar-refractivity contribution in [2.75, 3.05) is 45.9 Å². The number of likely N-dealkylation sites (tertiary alicyclic amines) is 2. The number of aliphatic imine (C=N–C) groups is 1. The van der Waals surface area contributed by atoms with Gasteiger partial charge >= 0.3 is 0 Å². The molecular formula is C24H32ClFN4O3. The monoisotopic (exact) mass is 478 g/mol. The van der Waals surface area contributed by atoms with Gasteiger partial charge in [0.05, 0.1) is 24.6 Å². The molecule has 3 heterocycles. The number of guanidine groups is 1. The number of nitrogens with one attached hydrogen (secondary N) is 1. The van der Waals surface area contributed by atoms with Gasteiger partial charge in [0.1, 0.15) is 11.6 Å². The van der Waals surface area contributed by atoms with Crippen molar-refractivity contribution in [3.05, 3.63) is 40.8 Å². The van der Waals surface area contributed by atoms with Gasteiger partial charge in [0.25, 0.3) is 0 Å². The number of piperidine rings is 1. The fourth-order valence-electron chi connectivity index (χ4n) is 4.50. The molecule has 2 saturated heterocycles. The van der Waals surface area contributed by atoms with Crippen molar-refractivity contribution in [2.45, 2.75) is 32.1 Å². The van der Waals surface area contributed by atoms with Crippen LogP contribution in [0.2, 0.25) is 0 Å². The largest absolute Gasteiger partial charge is 0.493 e. The maximum absolute atomic E-state index is 14.4. The first-order valence-corrected chi connectivity index (χ1v) is 12.1. The zero-order valence-corrected chi connectivity index (χ0v) is 19.6. The van der Waals surface area contributed by atoms with E-state index in [2.05, 4.69) is 15.2 Å². The molecule has 4 rings (SSSR count). The van der Waals surface area contributed by atoms with Gasteiger partial charge in [-0.2, -0.15) is 0 Å². The second kappa shape index (κ2) is 11.2. The number of nitrogens with zero attached hydrogens (tertiary/aromatic N) is 3. The maximum Gasteiger partial charge on any atom is 0.227 e. The first-order valence-electron chi connectivity index (χ1n) is 11.7. The standard InChI is InChI=1S/C24H32ClFN4O3/c25-20-12-27-24(28-13-20)29-7-5-17(6-8-29)2-1-9-33-21-4-3-19(22(26)11-21)10-23(32)30-14-18(15-30)16-31/h3-4,11-12,17-18,31H,1-2,5-10,13-16H2,(H,27,28). The van der Waals surface area contributed by atoms with Gasteiger partial charge in [-0.1, -0.05) is 17.7 Å². The van der Waals surface area contributed by atoms with Crippen LogP contribution in [-0.4, -0.2) is 72.7 Å². The Morgan fingerprint density at radius 3 is 2.73 bits per heavy atom. The fourth-order valence-corrected chi connectivity index (χ4v) is 4.61. The quantitative estimate of drug-likeness (QED) is 0.562. The van der Waals surface area contributed by atoms with Crippen LogP contribution in [0, 0.1) is 17.7 Å². The summed E-state index contributed by atoms with van der Waals surface area (Å²) in [6.07, 6.45) is 6.08. The summed E-state index contributed by atoms with van der Waals surface area (Å²) in [6, 6.07) is 4.73. The van der Waals surface area contributed by atoms with E-state index in [0.29, 0.717) is 43.5 Å². The van der Waals surface area contributed by atoms with E-state index in [4.69, 9.17) is 21.4 Å². The zero-order valence-electron chi connectivity index (χ0n) is 18.8. The van der Waals surface area contributed by atoms with Crippen LogP contribution in [0.1, 0.15) is 31.2 Å². The van der Waals surface area contributed by atoms with Crippen molar-refractivity contribution in [1.82, 2.24) is 15.1 Å². The number of hydrogen-bond acceptors (Lipinski definition) is 6. The molecule has 0 radical (unpaired) electrons. The third-order valence-corrected chi connectivity index (χ3v) is 6.84. The number of rotatable bonds is 8. The Balaban J connectivity index is 1.13. The highest BCUT2D eigenvalue weighted by atomic mass is 35.5. The second-order valence-corrected chi connectivity index (χ2v) is 9.56. The molecule has 1 aromatic rings. The lowest BCUT2D eigenvalue weighted by atomic mass is 9.92. The van der Waals surface area contributed by atoms with E-state index >= 15 is 0 Å². The van der Waals surface area contributed by atoms with Crippen molar-refractivity contribution in [1.29, 1.82) is 0 Å². The molecule has 1 amide bonds. The fraction of sp³-hybridized carbons (Fsp3) is 0.583. The summed E-state index contributed by atoms with van der Waals surface area (Å²) in [5.74, 6) is 1.70. The number of carbonyl (C=O) groups is 1. The van der Waals surface area contributed by atoms with Gasteiger partial charge in [-0.15, -0.1) is 0 Å². The molecule has 0 aliphatic carbocycles. The average molecular weight is 479 g/mol. The highest BCUT2D eigenvalue weighted by Crippen LogP contribution is 2.24. The van der Waals surface area contributed by atoms with Gasteiger partial charge in [0, 0.05) is 51.0 Å². The Labute approximate surface area is 199 Å². The van der Waals surface area contributed by atoms with Gasteiger partial charge in [-0.05, 0) is 43.2 Å². The Kier molecular flexibility index (Phi) is 8.09. The molecule has 180 valence electrons. The van der Waals surface area contributed by atoms with Crippen LogP contribution in [-0.2, 0) is 11.2 Å². The average Bonchev–Trinajstić information content (AvgIpc) is 2.79. The molecule has 0 spiro atoms. The minimum atomic E-state index is -0.414. The third-order valence-electron chi connectivity index (χ3n) is 6.61. The van der Waals surface area contributed by atoms with Gasteiger partial charge in [-0.25, -0.2) is 9.38 Å². The molecule has 3 aliphatic heterocycles. The van der Waals surface area contributed by atoms with E-state index in [1.807, 2.05) is 0 Å². The predicted octanol–water partition coefficient (Wildman–Crippen LogP) is 2.73. The molecule has 7 nitrogen and oxygen atoms in total. The lowest BCUT2D eigenvalue weighted by Crippen LogP contribution is -2.51. The van der Waals surface area contributed by atoms with E-state index in [0.717, 1.165) is 49.8 Å². The van der Waals surface area contributed by atoms with E-state index in [1.165, 1.54) is 6.07 Å². The van der Waals surface area contributed by atoms with Gasteiger partial charge < -0.3 is 25.0 Å². The molecule has 9 heteroatoms. The third kappa shape index (κ3) is 6.38. The Hall–Kier alpha value is -2.32. The molecule has 0 bridgehead atoms. The van der Waals surface area contributed by atoms with Crippen LogP contribution < -0.4 is 10.1 Å². The van der Waals surface area contributed by atoms with E-state index < -0.39 is 5.82 Å².